The molecule has 1 aliphatic rings. The van der Waals surface area contributed by atoms with Gasteiger partial charge in [-0.2, -0.15) is 5.10 Å². The van der Waals surface area contributed by atoms with E-state index in [4.69, 9.17) is 4.98 Å². The number of carbonyl (C=O) groups is 1. The van der Waals surface area contributed by atoms with Crippen molar-refractivity contribution in [2.24, 2.45) is 5.92 Å². The first-order valence-corrected chi connectivity index (χ1v) is 13.5. The maximum atomic E-state index is 14.6. The molecule has 9 heteroatoms. The van der Waals surface area contributed by atoms with Gasteiger partial charge in [0.1, 0.15) is 22.7 Å². The molecule has 0 saturated heterocycles. The second-order valence-corrected chi connectivity index (χ2v) is 10.2. The summed E-state index contributed by atoms with van der Waals surface area (Å²) in [6.07, 6.45) is 10.3. The summed E-state index contributed by atoms with van der Waals surface area (Å²) in [5, 5.41) is 11.4. The Morgan fingerprint density at radius 2 is 1.85 bits per heavy atom. The summed E-state index contributed by atoms with van der Waals surface area (Å²) in [7, 11) is 0. The number of rotatable bonds is 5. The second kappa shape index (κ2) is 10.00. The highest BCUT2D eigenvalue weighted by Gasteiger charge is 2.21. The van der Waals surface area contributed by atoms with Crippen LogP contribution in [0.15, 0.2) is 73.2 Å². The molecule has 0 aliphatic heterocycles. The van der Waals surface area contributed by atoms with E-state index in [2.05, 4.69) is 30.5 Å². The van der Waals surface area contributed by atoms with Crippen LogP contribution in [0.2, 0.25) is 0 Å². The lowest BCUT2D eigenvalue weighted by atomic mass is 9.88. The molecule has 40 heavy (non-hydrogen) atoms. The Labute approximate surface area is 229 Å². The summed E-state index contributed by atoms with van der Waals surface area (Å²) in [5.74, 6) is -0.175. The van der Waals surface area contributed by atoms with Crippen LogP contribution in [0.3, 0.4) is 0 Å². The molecule has 0 bridgehead atoms. The minimum atomic E-state index is -0.292. The smallest absolute Gasteiger partial charge is 0.227 e. The molecule has 1 aliphatic carbocycles. The SMILES string of the molecule is O=C(Nc1cncc(-c2ccc3[nH]nc(-c4cc5c(-c6ccccc6F)ccnc5[nH]4)c3n2)c1)C1CCCCC1. The summed E-state index contributed by atoms with van der Waals surface area (Å²) >= 11 is 0. The van der Waals surface area contributed by atoms with Gasteiger partial charge in [-0.25, -0.2) is 14.4 Å². The number of aromatic nitrogens is 6. The Morgan fingerprint density at radius 1 is 0.975 bits per heavy atom. The van der Waals surface area contributed by atoms with Crippen molar-refractivity contribution in [2.75, 3.05) is 5.32 Å². The molecule has 1 saturated carbocycles. The Kier molecular flexibility index (Phi) is 6.03. The van der Waals surface area contributed by atoms with Gasteiger partial charge in [0, 0.05) is 34.8 Å². The number of hydrogen-bond acceptors (Lipinski definition) is 5. The van der Waals surface area contributed by atoms with Gasteiger partial charge in [-0.15, -0.1) is 0 Å². The quantitative estimate of drug-likeness (QED) is 0.224. The van der Waals surface area contributed by atoms with Crippen LogP contribution in [0, 0.1) is 11.7 Å². The van der Waals surface area contributed by atoms with Crippen molar-refractivity contribution in [1.29, 1.82) is 0 Å². The van der Waals surface area contributed by atoms with Crippen LogP contribution in [0.1, 0.15) is 32.1 Å². The zero-order chi connectivity index (χ0) is 27.1. The van der Waals surface area contributed by atoms with Gasteiger partial charge in [-0.05, 0) is 54.8 Å². The Balaban J connectivity index is 1.23. The number of anilines is 1. The fraction of sp³-hybridized carbons (Fsp3) is 0.194. The van der Waals surface area contributed by atoms with Gasteiger partial charge in [0.05, 0.1) is 28.8 Å². The zero-order valence-electron chi connectivity index (χ0n) is 21.6. The molecule has 0 radical (unpaired) electrons. The number of aromatic amines is 2. The molecule has 0 atom stereocenters. The molecule has 3 N–H and O–H groups in total. The first-order chi connectivity index (χ1) is 19.6. The average Bonchev–Trinajstić information content (AvgIpc) is 3.62. The Hall–Kier alpha value is -4.92. The van der Waals surface area contributed by atoms with Crippen LogP contribution in [-0.2, 0) is 4.79 Å². The number of nitrogens with zero attached hydrogens (tertiary/aromatic N) is 4. The molecule has 7 rings (SSSR count). The topological polar surface area (TPSA) is 112 Å². The molecule has 1 amide bonds. The summed E-state index contributed by atoms with van der Waals surface area (Å²) in [6, 6.07) is 16.2. The number of pyridine rings is 3. The van der Waals surface area contributed by atoms with Crippen molar-refractivity contribution in [3.8, 4) is 33.8 Å². The van der Waals surface area contributed by atoms with Crippen molar-refractivity contribution in [3.05, 3.63) is 79.0 Å². The highest BCUT2D eigenvalue weighted by atomic mass is 19.1. The van der Waals surface area contributed by atoms with Crippen molar-refractivity contribution >= 4 is 33.7 Å². The molecular weight excluding hydrogens is 505 g/mol. The highest BCUT2D eigenvalue weighted by Crippen LogP contribution is 2.34. The van der Waals surface area contributed by atoms with E-state index in [0.717, 1.165) is 47.7 Å². The number of H-pyrrole nitrogens is 2. The Bertz CT molecular complexity index is 1870. The van der Waals surface area contributed by atoms with E-state index in [9.17, 15) is 9.18 Å². The minimum absolute atomic E-state index is 0.0568. The van der Waals surface area contributed by atoms with Gasteiger partial charge in [-0.3, -0.25) is 14.9 Å². The average molecular weight is 532 g/mol. The van der Waals surface area contributed by atoms with Crippen LogP contribution in [-0.4, -0.2) is 36.0 Å². The van der Waals surface area contributed by atoms with Crippen molar-refractivity contribution in [2.45, 2.75) is 32.1 Å². The molecule has 0 spiro atoms. The number of fused-ring (bicyclic) bond motifs is 2. The summed E-state index contributed by atoms with van der Waals surface area (Å²) in [4.78, 5) is 29.8. The van der Waals surface area contributed by atoms with Crippen LogP contribution in [0.5, 0.6) is 0 Å². The van der Waals surface area contributed by atoms with Crippen molar-refractivity contribution in [1.82, 2.24) is 30.1 Å². The van der Waals surface area contributed by atoms with E-state index in [1.54, 1.807) is 30.7 Å². The largest absolute Gasteiger partial charge is 0.338 e. The number of benzene rings is 1. The third kappa shape index (κ3) is 4.39. The molecule has 8 nitrogen and oxygen atoms in total. The van der Waals surface area contributed by atoms with Crippen LogP contribution >= 0.6 is 0 Å². The lowest BCUT2D eigenvalue weighted by Gasteiger charge is -2.20. The van der Waals surface area contributed by atoms with E-state index in [1.165, 1.54) is 12.5 Å². The molecule has 6 aromatic rings. The molecule has 5 aromatic heterocycles. The van der Waals surface area contributed by atoms with Crippen LogP contribution < -0.4 is 5.32 Å². The number of nitrogens with one attached hydrogen (secondary N) is 3. The first kappa shape index (κ1) is 24.1. The van der Waals surface area contributed by atoms with E-state index in [0.29, 0.717) is 39.5 Å². The normalized spacial score (nSPS) is 14.1. The van der Waals surface area contributed by atoms with Crippen LogP contribution in [0.25, 0.3) is 55.8 Å². The second-order valence-electron chi connectivity index (χ2n) is 10.2. The van der Waals surface area contributed by atoms with E-state index in [-0.39, 0.29) is 17.6 Å². The lowest BCUT2D eigenvalue weighted by molar-refractivity contribution is -0.120. The van der Waals surface area contributed by atoms with E-state index < -0.39 is 0 Å². The maximum absolute atomic E-state index is 14.6. The molecule has 0 unspecified atom stereocenters. The minimum Gasteiger partial charge on any atom is -0.338 e. The third-order valence-electron chi connectivity index (χ3n) is 7.64. The molecule has 1 fully saturated rings. The van der Waals surface area contributed by atoms with Crippen molar-refractivity contribution < 1.29 is 9.18 Å². The Morgan fingerprint density at radius 3 is 2.73 bits per heavy atom. The van der Waals surface area contributed by atoms with Gasteiger partial charge in [-0.1, -0.05) is 37.5 Å². The van der Waals surface area contributed by atoms with Crippen LogP contribution in [0.4, 0.5) is 10.1 Å². The van der Waals surface area contributed by atoms with Gasteiger partial charge >= 0.3 is 0 Å². The zero-order valence-corrected chi connectivity index (χ0v) is 21.6. The number of carbonyl (C=O) groups excluding carboxylic acids is 1. The number of hydrogen-bond donors (Lipinski definition) is 3. The van der Waals surface area contributed by atoms with E-state index in [1.807, 2.05) is 36.4 Å². The number of halogens is 1. The first-order valence-electron chi connectivity index (χ1n) is 13.5. The lowest BCUT2D eigenvalue weighted by Crippen LogP contribution is -2.24. The summed E-state index contributed by atoms with van der Waals surface area (Å²) < 4.78 is 14.6. The molecule has 5 heterocycles. The monoisotopic (exact) mass is 531 g/mol. The van der Waals surface area contributed by atoms with Gasteiger partial charge in [0.2, 0.25) is 5.91 Å². The van der Waals surface area contributed by atoms with Crippen molar-refractivity contribution in [3.63, 3.8) is 0 Å². The highest BCUT2D eigenvalue weighted by molar-refractivity contribution is 5.99. The third-order valence-corrected chi connectivity index (χ3v) is 7.64. The van der Waals surface area contributed by atoms with Gasteiger partial charge < -0.3 is 10.3 Å². The fourth-order valence-electron chi connectivity index (χ4n) is 5.57. The fourth-order valence-corrected chi connectivity index (χ4v) is 5.57. The predicted molar refractivity (Wildman–Crippen MR) is 153 cm³/mol. The van der Waals surface area contributed by atoms with Gasteiger partial charge in [0.15, 0.2) is 0 Å². The number of amides is 1. The summed E-state index contributed by atoms with van der Waals surface area (Å²) in [5.41, 5.74) is 6.83. The van der Waals surface area contributed by atoms with Gasteiger partial charge in [0.25, 0.3) is 0 Å². The maximum Gasteiger partial charge on any atom is 0.227 e. The standard InChI is InChI=1S/C31H26FN7O/c32-24-9-5-4-8-22(24)21-12-13-34-30-23(21)15-27(37-30)29-28-26(38-39-29)11-10-25(36-28)19-14-20(17-33-16-19)35-31(40)18-6-2-1-3-7-18/h4-5,8-18H,1-3,6-7H2,(H,34,37)(H,35,40)(H,38,39). The summed E-state index contributed by atoms with van der Waals surface area (Å²) in [6.45, 7) is 0. The van der Waals surface area contributed by atoms with E-state index >= 15 is 0 Å². The molecular formula is C31H26FN7O. The molecule has 1 aromatic carbocycles. The molecule has 198 valence electrons. The predicted octanol–water partition coefficient (Wildman–Crippen LogP) is 6.89.